The van der Waals surface area contributed by atoms with Crippen LogP contribution in [0.25, 0.3) is 0 Å². The fraction of sp³-hybridized carbons (Fsp3) is 0.385. The maximum absolute atomic E-state index is 12.1. The van der Waals surface area contributed by atoms with E-state index >= 15 is 0 Å². The second-order valence-electron chi connectivity index (χ2n) is 4.11. The molecular weight excluding hydrogens is 248 g/mol. The third-order valence-corrected chi connectivity index (χ3v) is 3.70. The predicted molar refractivity (Wildman–Crippen MR) is 71.7 cm³/mol. The molecule has 2 rings (SSSR count). The van der Waals surface area contributed by atoms with Gasteiger partial charge in [-0.15, -0.1) is 11.8 Å². The van der Waals surface area contributed by atoms with Gasteiger partial charge in [-0.1, -0.05) is 19.1 Å². The summed E-state index contributed by atoms with van der Waals surface area (Å²) in [4.78, 5) is 24.2. The molecule has 96 valence electrons. The second kappa shape index (κ2) is 5.91. The first-order valence-electron chi connectivity index (χ1n) is 6.00. The Labute approximate surface area is 111 Å². The van der Waals surface area contributed by atoms with E-state index in [2.05, 4.69) is 17.6 Å². The molecule has 0 saturated carbocycles. The Morgan fingerprint density at radius 3 is 2.94 bits per heavy atom. The molecular formula is C13H16N2O2S. The average molecular weight is 264 g/mol. The van der Waals surface area contributed by atoms with E-state index in [-0.39, 0.29) is 17.9 Å². The molecule has 1 aromatic carbocycles. The largest absolute Gasteiger partial charge is 0.354 e. The minimum Gasteiger partial charge on any atom is -0.354 e. The molecule has 1 aliphatic rings. The van der Waals surface area contributed by atoms with Crippen LogP contribution in [0, 0.1) is 0 Å². The minimum atomic E-state index is -0.104. The number of carbonyl (C=O) groups is 2. The van der Waals surface area contributed by atoms with Gasteiger partial charge in [0.05, 0.1) is 11.6 Å². The molecule has 18 heavy (non-hydrogen) atoms. The summed E-state index contributed by atoms with van der Waals surface area (Å²) in [6, 6.07) is 7.45. The lowest BCUT2D eigenvalue weighted by Gasteiger charge is -2.12. The molecule has 0 radical (unpaired) electrons. The molecule has 1 heterocycles. The van der Waals surface area contributed by atoms with Crippen LogP contribution in [0.1, 0.15) is 23.7 Å². The molecule has 0 spiro atoms. The van der Waals surface area contributed by atoms with Crippen molar-refractivity contribution in [1.29, 1.82) is 0 Å². The first-order chi connectivity index (χ1) is 8.70. The summed E-state index contributed by atoms with van der Waals surface area (Å²) in [5.41, 5.74) is 0.684. The Balaban J connectivity index is 2.06. The summed E-state index contributed by atoms with van der Waals surface area (Å²) in [6.45, 7) is 2.58. The fourth-order valence-corrected chi connectivity index (χ4v) is 2.71. The van der Waals surface area contributed by atoms with Gasteiger partial charge in [-0.3, -0.25) is 9.59 Å². The van der Waals surface area contributed by atoms with E-state index < -0.39 is 0 Å². The molecule has 1 fully saturated rings. The molecule has 1 atom stereocenters. The normalized spacial score (nSPS) is 18.5. The van der Waals surface area contributed by atoms with Crippen molar-refractivity contribution in [2.45, 2.75) is 24.3 Å². The van der Waals surface area contributed by atoms with E-state index in [9.17, 15) is 9.59 Å². The van der Waals surface area contributed by atoms with Crippen LogP contribution in [-0.4, -0.2) is 30.2 Å². The van der Waals surface area contributed by atoms with E-state index in [0.717, 1.165) is 10.6 Å². The summed E-state index contributed by atoms with van der Waals surface area (Å²) in [7, 11) is 0. The number of hydrogen-bond donors (Lipinski definition) is 2. The number of thioether (sulfide) groups is 1. The quantitative estimate of drug-likeness (QED) is 0.809. The molecule has 1 unspecified atom stereocenters. The van der Waals surface area contributed by atoms with Gasteiger partial charge >= 0.3 is 0 Å². The first kappa shape index (κ1) is 13.0. The lowest BCUT2D eigenvalue weighted by atomic mass is 10.2. The van der Waals surface area contributed by atoms with Crippen LogP contribution >= 0.6 is 11.8 Å². The van der Waals surface area contributed by atoms with Crippen molar-refractivity contribution in [1.82, 2.24) is 10.6 Å². The van der Waals surface area contributed by atoms with Gasteiger partial charge in [-0.05, 0) is 17.9 Å². The zero-order valence-corrected chi connectivity index (χ0v) is 11.0. The van der Waals surface area contributed by atoms with Gasteiger partial charge < -0.3 is 10.6 Å². The number of rotatable bonds is 4. The van der Waals surface area contributed by atoms with Crippen molar-refractivity contribution < 1.29 is 9.59 Å². The van der Waals surface area contributed by atoms with E-state index in [1.807, 2.05) is 24.3 Å². The van der Waals surface area contributed by atoms with Crippen LogP contribution < -0.4 is 10.6 Å². The van der Waals surface area contributed by atoms with E-state index in [0.29, 0.717) is 18.5 Å². The fourth-order valence-electron chi connectivity index (χ4n) is 1.91. The molecule has 1 saturated heterocycles. The second-order valence-corrected chi connectivity index (χ2v) is 5.41. The van der Waals surface area contributed by atoms with E-state index in [1.165, 1.54) is 0 Å². The molecule has 2 N–H and O–H groups in total. The third kappa shape index (κ3) is 3.04. The van der Waals surface area contributed by atoms with E-state index in [4.69, 9.17) is 0 Å². The van der Waals surface area contributed by atoms with Gasteiger partial charge in [0.15, 0.2) is 0 Å². The van der Waals surface area contributed by atoms with Gasteiger partial charge in [-0.2, -0.15) is 0 Å². The number of hydrogen-bond acceptors (Lipinski definition) is 3. The van der Waals surface area contributed by atoms with Crippen LogP contribution in [0.15, 0.2) is 29.2 Å². The maximum atomic E-state index is 12.1. The Kier molecular flexibility index (Phi) is 4.25. The van der Waals surface area contributed by atoms with Crippen molar-refractivity contribution in [3.63, 3.8) is 0 Å². The number of amides is 2. The van der Waals surface area contributed by atoms with Gasteiger partial charge in [0.1, 0.15) is 0 Å². The lowest BCUT2D eigenvalue weighted by molar-refractivity contribution is -0.119. The van der Waals surface area contributed by atoms with Crippen molar-refractivity contribution in [2.75, 3.05) is 12.3 Å². The minimum absolute atomic E-state index is 0.00322. The van der Waals surface area contributed by atoms with Crippen LogP contribution in [-0.2, 0) is 4.79 Å². The molecule has 1 aliphatic heterocycles. The third-order valence-electron chi connectivity index (χ3n) is 2.74. The summed E-state index contributed by atoms with van der Waals surface area (Å²) in [5, 5.41) is 5.60. The number of benzene rings is 1. The first-order valence-corrected chi connectivity index (χ1v) is 6.98. The Hall–Kier alpha value is -1.49. The highest BCUT2D eigenvalue weighted by Gasteiger charge is 2.23. The monoisotopic (exact) mass is 264 g/mol. The Morgan fingerprint density at radius 1 is 1.50 bits per heavy atom. The maximum Gasteiger partial charge on any atom is 0.252 e. The van der Waals surface area contributed by atoms with Crippen molar-refractivity contribution in [3.05, 3.63) is 29.8 Å². The SMILES string of the molecule is CCSc1ccccc1C(=O)NC1CNC(=O)C1. The molecule has 4 nitrogen and oxygen atoms in total. The molecule has 5 heteroatoms. The summed E-state index contributed by atoms with van der Waals surface area (Å²) >= 11 is 1.65. The zero-order chi connectivity index (χ0) is 13.0. The highest BCUT2D eigenvalue weighted by atomic mass is 32.2. The Bertz CT molecular complexity index is 462. The highest BCUT2D eigenvalue weighted by molar-refractivity contribution is 7.99. The van der Waals surface area contributed by atoms with Crippen molar-refractivity contribution >= 4 is 23.6 Å². The number of nitrogens with one attached hydrogen (secondary N) is 2. The lowest BCUT2D eigenvalue weighted by Crippen LogP contribution is -2.36. The van der Waals surface area contributed by atoms with Crippen LogP contribution in [0.3, 0.4) is 0 Å². The van der Waals surface area contributed by atoms with Gasteiger partial charge in [0, 0.05) is 17.9 Å². The molecule has 1 aromatic rings. The zero-order valence-electron chi connectivity index (χ0n) is 10.2. The van der Waals surface area contributed by atoms with Crippen molar-refractivity contribution in [2.24, 2.45) is 0 Å². The highest BCUT2D eigenvalue weighted by Crippen LogP contribution is 2.22. The van der Waals surface area contributed by atoms with Gasteiger partial charge in [-0.25, -0.2) is 0 Å². The van der Waals surface area contributed by atoms with E-state index in [1.54, 1.807) is 11.8 Å². The topological polar surface area (TPSA) is 58.2 Å². The summed E-state index contributed by atoms with van der Waals surface area (Å²) in [5.74, 6) is 0.817. The van der Waals surface area contributed by atoms with Crippen LogP contribution in [0.2, 0.25) is 0 Å². The molecule has 0 bridgehead atoms. The predicted octanol–water partition coefficient (Wildman–Crippen LogP) is 1.42. The van der Waals surface area contributed by atoms with Gasteiger partial charge in [0.2, 0.25) is 5.91 Å². The molecule has 2 amide bonds. The van der Waals surface area contributed by atoms with Crippen LogP contribution in [0.4, 0.5) is 0 Å². The molecule has 0 aromatic heterocycles. The molecule has 0 aliphatic carbocycles. The smallest absolute Gasteiger partial charge is 0.252 e. The van der Waals surface area contributed by atoms with Gasteiger partial charge in [0.25, 0.3) is 5.91 Å². The summed E-state index contributed by atoms with van der Waals surface area (Å²) in [6.07, 6.45) is 0.370. The summed E-state index contributed by atoms with van der Waals surface area (Å²) < 4.78 is 0. The van der Waals surface area contributed by atoms with Crippen LogP contribution in [0.5, 0.6) is 0 Å². The standard InChI is InChI=1S/C13H16N2O2S/c1-2-18-11-6-4-3-5-10(11)13(17)15-9-7-12(16)14-8-9/h3-6,9H,2,7-8H2,1H3,(H,14,16)(H,15,17). The Morgan fingerprint density at radius 2 is 2.28 bits per heavy atom. The average Bonchev–Trinajstić information content (AvgIpc) is 2.76. The number of carbonyl (C=O) groups excluding carboxylic acids is 2. The van der Waals surface area contributed by atoms with Crippen molar-refractivity contribution in [3.8, 4) is 0 Å².